The predicted molar refractivity (Wildman–Crippen MR) is 74.5 cm³/mol. The molecule has 0 aliphatic heterocycles. The summed E-state index contributed by atoms with van der Waals surface area (Å²) < 4.78 is 18.7. The number of para-hydroxylation sites is 1. The van der Waals surface area contributed by atoms with Crippen molar-refractivity contribution in [1.29, 1.82) is 0 Å². The van der Waals surface area contributed by atoms with E-state index in [1.54, 1.807) is 7.11 Å². The van der Waals surface area contributed by atoms with Gasteiger partial charge in [-0.25, -0.2) is 9.37 Å². The highest BCUT2D eigenvalue weighted by molar-refractivity contribution is 6.30. The molecule has 0 bridgehead atoms. The fourth-order valence-electron chi connectivity index (χ4n) is 1.71. The van der Waals surface area contributed by atoms with Crippen molar-refractivity contribution in [2.24, 2.45) is 0 Å². The van der Waals surface area contributed by atoms with E-state index in [0.29, 0.717) is 6.61 Å². The molecular weight excluding hydrogens is 267 g/mol. The van der Waals surface area contributed by atoms with Crippen molar-refractivity contribution in [3.63, 3.8) is 0 Å². The first-order valence-electron chi connectivity index (χ1n) is 5.85. The Balaban J connectivity index is 2.22. The standard InChI is InChI=1S/C14H14ClFN2O/c1-19-7-6-10-4-2-3-5-13(10)18-14-12(16)8-11(15)9-17-14/h2-5,8-9H,6-7H2,1H3,(H,17,18). The molecule has 0 fully saturated rings. The number of halogens is 2. The zero-order chi connectivity index (χ0) is 13.7. The van der Waals surface area contributed by atoms with Crippen molar-refractivity contribution in [1.82, 2.24) is 4.98 Å². The Morgan fingerprint density at radius 2 is 2.16 bits per heavy atom. The van der Waals surface area contributed by atoms with Gasteiger partial charge in [-0.05, 0) is 24.1 Å². The molecule has 0 amide bonds. The van der Waals surface area contributed by atoms with Crippen LogP contribution in [0.4, 0.5) is 15.9 Å². The molecule has 0 saturated carbocycles. The maximum Gasteiger partial charge on any atom is 0.167 e. The number of hydrogen-bond donors (Lipinski definition) is 1. The summed E-state index contributed by atoms with van der Waals surface area (Å²) in [4.78, 5) is 3.95. The lowest BCUT2D eigenvalue weighted by molar-refractivity contribution is 0.202. The molecule has 0 atom stereocenters. The van der Waals surface area contributed by atoms with Crippen molar-refractivity contribution >= 4 is 23.1 Å². The maximum atomic E-state index is 13.7. The SMILES string of the molecule is COCCc1ccccc1Nc1ncc(Cl)cc1F. The summed E-state index contributed by atoms with van der Waals surface area (Å²) in [6.07, 6.45) is 2.15. The molecule has 0 spiro atoms. The molecule has 1 aromatic heterocycles. The summed E-state index contributed by atoms with van der Waals surface area (Å²) in [5, 5.41) is 3.25. The summed E-state index contributed by atoms with van der Waals surface area (Å²) >= 11 is 5.67. The molecule has 1 heterocycles. The van der Waals surface area contributed by atoms with Gasteiger partial charge in [0.25, 0.3) is 0 Å². The third kappa shape index (κ3) is 3.66. The van der Waals surface area contributed by atoms with Crippen LogP contribution in [0.1, 0.15) is 5.56 Å². The molecule has 100 valence electrons. The summed E-state index contributed by atoms with van der Waals surface area (Å²) in [6.45, 7) is 0.606. The van der Waals surface area contributed by atoms with E-state index in [1.165, 1.54) is 12.3 Å². The number of aromatic nitrogens is 1. The number of hydrogen-bond acceptors (Lipinski definition) is 3. The Kier molecular flexibility index (Phi) is 4.71. The number of pyridine rings is 1. The Morgan fingerprint density at radius 1 is 1.37 bits per heavy atom. The lowest BCUT2D eigenvalue weighted by atomic mass is 10.1. The number of rotatable bonds is 5. The highest BCUT2D eigenvalue weighted by Gasteiger charge is 2.07. The zero-order valence-corrected chi connectivity index (χ0v) is 11.2. The summed E-state index contributed by atoms with van der Waals surface area (Å²) in [6, 6.07) is 8.89. The number of anilines is 2. The summed E-state index contributed by atoms with van der Waals surface area (Å²) in [5.74, 6) is -0.316. The summed E-state index contributed by atoms with van der Waals surface area (Å²) in [5.41, 5.74) is 1.86. The van der Waals surface area contributed by atoms with Gasteiger partial charge in [0, 0.05) is 19.0 Å². The van der Waals surface area contributed by atoms with Crippen LogP contribution in [0.5, 0.6) is 0 Å². The van der Waals surface area contributed by atoms with Crippen LogP contribution in [-0.4, -0.2) is 18.7 Å². The van der Waals surface area contributed by atoms with Crippen molar-refractivity contribution < 1.29 is 9.13 Å². The topological polar surface area (TPSA) is 34.1 Å². The fraction of sp³-hybridized carbons (Fsp3) is 0.214. The Hall–Kier alpha value is -1.65. The molecule has 19 heavy (non-hydrogen) atoms. The van der Waals surface area contributed by atoms with Crippen molar-refractivity contribution in [2.45, 2.75) is 6.42 Å². The van der Waals surface area contributed by atoms with Crippen LogP contribution in [0, 0.1) is 5.82 Å². The Labute approximate surface area is 116 Å². The molecule has 2 aromatic rings. The largest absolute Gasteiger partial charge is 0.384 e. The number of nitrogens with one attached hydrogen (secondary N) is 1. The Bertz CT molecular complexity index is 563. The minimum atomic E-state index is -0.478. The first-order chi connectivity index (χ1) is 9.20. The fourth-order valence-corrected chi connectivity index (χ4v) is 1.85. The quantitative estimate of drug-likeness (QED) is 0.904. The van der Waals surface area contributed by atoms with Crippen LogP contribution in [0.3, 0.4) is 0 Å². The molecule has 5 heteroatoms. The molecule has 1 N–H and O–H groups in total. The van der Waals surface area contributed by atoms with E-state index in [0.717, 1.165) is 17.7 Å². The second-order valence-electron chi connectivity index (χ2n) is 4.01. The molecule has 0 radical (unpaired) electrons. The van der Waals surface area contributed by atoms with E-state index in [2.05, 4.69) is 10.3 Å². The third-order valence-corrected chi connectivity index (χ3v) is 2.86. The van der Waals surface area contributed by atoms with Crippen molar-refractivity contribution in [3.05, 3.63) is 52.9 Å². The van der Waals surface area contributed by atoms with Gasteiger partial charge in [0.05, 0.1) is 11.6 Å². The maximum absolute atomic E-state index is 13.7. The van der Waals surface area contributed by atoms with Crippen LogP contribution < -0.4 is 5.32 Å². The van der Waals surface area contributed by atoms with Crippen LogP contribution in [-0.2, 0) is 11.2 Å². The van der Waals surface area contributed by atoms with E-state index < -0.39 is 5.82 Å². The average Bonchev–Trinajstić information content (AvgIpc) is 2.41. The van der Waals surface area contributed by atoms with E-state index in [1.807, 2.05) is 24.3 Å². The van der Waals surface area contributed by atoms with E-state index in [-0.39, 0.29) is 10.8 Å². The van der Waals surface area contributed by atoms with Gasteiger partial charge < -0.3 is 10.1 Å². The van der Waals surface area contributed by atoms with E-state index in [9.17, 15) is 4.39 Å². The van der Waals surface area contributed by atoms with Crippen LogP contribution in [0.25, 0.3) is 0 Å². The van der Waals surface area contributed by atoms with Gasteiger partial charge >= 0.3 is 0 Å². The second kappa shape index (κ2) is 6.50. The van der Waals surface area contributed by atoms with E-state index in [4.69, 9.17) is 16.3 Å². The molecule has 0 aliphatic rings. The number of methoxy groups -OCH3 is 1. The summed E-state index contributed by atoms with van der Waals surface area (Å²) in [7, 11) is 1.65. The van der Waals surface area contributed by atoms with Crippen LogP contribution in [0.2, 0.25) is 5.02 Å². The zero-order valence-electron chi connectivity index (χ0n) is 10.5. The minimum absolute atomic E-state index is 0.161. The minimum Gasteiger partial charge on any atom is -0.384 e. The van der Waals surface area contributed by atoms with Gasteiger partial charge in [-0.3, -0.25) is 0 Å². The number of benzene rings is 1. The Morgan fingerprint density at radius 3 is 2.89 bits per heavy atom. The van der Waals surface area contributed by atoms with Gasteiger partial charge in [0.15, 0.2) is 11.6 Å². The normalized spacial score (nSPS) is 10.5. The van der Waals surface area contributed by atoms with Gasteiger partial charge in [0.2, 0.25) is 0 Å². The molecular formula is C14H14ClFN2O. The van der Waals surface area contributed by atoms with E-state index >= 15 is 0 Å². The highest BCUT2D eigenvalue weighted by Crippen LogP contribution is 2.23. The lowest BCUT2D eigenvalue weighted by Crippen LogP contribution is -2.02. The smallest absolute Gasteiger partial charge is 0.167 e. The molecule has 1 aromatic carbocycles. The molecule has 0 aliphatic carbocycles. The van der Waals surface area contributed by atoms with Gasteiger partial charge in [-0.15, -0.1) is 0 Å². The van der Waals surface area contributed by atoms with Crippen LogP contribution >= 0.6 is 11.6 Å². The van der Waals surface area contributed by atoms with Gasteiger partial charge in [-0.2, -0.15) is 0 Å². The van der Waals surface area contributed by atoms with Gasteiger partial charge in [-0.1, -0.05) is 29.8 Å². The molecule has 3 nitrogen and oxygen atoms in total. The highest BCUT2D eigenvalue weighted by atomic mass is 35.5. The number of ether oxygens (including phenoxy) is 1. The van der Waals surface area contributed by atoms with Gasteiger partial charge in [0.1, 0.15) is 0 Å². The molecule has 2 rings (SSSR count). The second-order valence-corrected chi connectivity index (χ2v) is 4.45. The van der Waals surface area contributed by atoms with Crippen LogP contribution in [0.15, 0.2) is 36.5 Å². The number of nitrogens with zero attached hydrogens (tertiary/aromatic N) is 1. The van der Waals surface area contributed by atoms with Crippen molar-refractivity contribution in [3.8, 4) is 0 Å². The predicted octanol–water partition coefficient (Wildman–Crippen LogP) is 3.81. The molecule has 0 saturated heterocycles. The van der Waals surface area contributed by atoms with Crippen molar-refractivity contribution in [2.75, 3.05) is 19.0 Å². The monoisotopic (exact) mass is 280 g/mol. The third-order valence-electron chi connectivity index (χ3n) is 2.65. The molecule has 0 unspecified atom stereocenters. The first kappa shape index (κ1) is 13.8. The lowest BCUT2D eigenvalue weighted by Gasteiger charge is -2.11. The average molecular weight is 281 g/mol. The first-order valence-corrected chi connectivity index (χ1v) is 6.23.